The van der Waals surface area contributed by atoms with Gasteiger partial charge in [0.25, 0.3) is 0 Å². The molecular formula is C14H16ClN3O. The molecular weight excluding hydrogens is 262 g/mol. The van der Waals surface area contributed by atoms with Crippen molar-refractivity contribution in [3.8, 4) is 6.07 Å². The van der Waals surface area contributed by atoms with E-state index in [0.717, 1.165) is 12.8 Å². The molecule has 19 heavy (non-hydrogen) atoms. The smallest absolute Gasteiger partial charge is 0.238 e. The highest BCUT2D eigenvalue weighted by Crippen LogP contribution is 2.22. The molecule has 2 rings (SSSR count). The Morgan fingerprint density at radius 1 is 1.42 bits per heavy atom. The molecule has 0 aliphatic heterocycles. The van der Waals surface area contributed by atoms with E-state index < -0.39 is 0 Å². The number of nitrogens with zero attached hydrogens (tertiary/aromatic N) is 1. The molecule has 2 N–H and O–H groups in total. The summed E-state index contributed by atoms with van der Waals surface area (Å²) in [5.74, 6) is -0.112. The summed E-state index contributed by atoms with van der Waals surface area (Å²) in [6, 6.07) is 7.28. The summed E-state index contributed by atoms with van der Waals surface area (Å²) in [6.07, 6.45) is 4.76. The summed E-state index contributed by atoms with van der Waals surface area (Å²) >= 11 is 5.99. The Bertz CT molecular complexity index is 504. The number of halogens is 1. The van der Waals surface area contributed by atoms with Crippen molar-refractivity contribution in [3.63, 3.8) is 0 Å². The van der Waals surface area contributed by atoms with Gasteiger partial charge in [-0.3, -0.25) is 4.79 Å². The van der Waals surface area contributed by atoms with Crippen molar-refractivity contribution in [1.82, 2.24) is 5.32 Å². The number of hydrogen-bond acceptors (Lipinski definition) is 3. The van der Waals surface area contributed by atoms with Crippen LogP contribution in [-0.4, -0.2) is 18.5 Å². The number of carbonyl (C=O) groups excluding carboxylic acids is 1. The zero-order valence-corrected chi connectivity index (χ0v) is 11.3. The van der Waals surface area contributed by atoms with Crippen LogP contribution in [0, 0.1) is 11.3 Å². The molecule has 100 valence electrons. The fraction of sp³-hybridized carbons (Fsp3) is 0.429. The summed E-state index contributed by atoms with van der Waals surface area (Å²) < 4.78 is 0. The maximum atomic E-state index is 11.8. The molecule has 1 aromatic rings. The average molecular weight is 278 g/mol. The second kappa shape index (κ2) is 6.55. The lowest BCUT2D eigenvalue weighted by Gasteiger charge is -2.12. The van der Waals surface area contributed by atoms with Gasteiger partial charge in [-0.1, -0.05) is 24.4 Å². The molecule has 0 radical (unpaired) electrons. The average Bonchev–Trinajstić information content (AvgIpc) is 2.92. The number of hydrogen-bond donors (Lipinski definition) is 2. The van der Waals surface area contributed by atoms with Gasteiger partial charge < -0.3 is 10.6 Å². The third kappa shape index (κ3) is 3.95. The van der Waals surface area contributed by atoms with E-state index in [9.17, 15) is 4.79 Å². The van der Waals surface area contributed by atoms with Crippen LogP contribution < -0.4 is 10.6 Å². The van der Waals surface area contributed by atoms with Crippen LogP contribution in [0.5, 0.6) is 0 Å². The second-order valence-electron chi connectivity index (χ2n) is 4.72. The van der Waals surface area contributed by atoms with E-state index in [4.69, 9.17) is 16.9 Å². The van der Waals surface area contributed by atoms with Crippen LogP contribution in [0.15, 0.2) is 18.2 Å². The standard InChI is InChI=1S/C14H16ClN3O/c15-12-7-10(8-16)5-6-13(12)18-14(19)9-17-11-3-1-2-4-11/h5-7,11,17H,1-4,9H2,(H,18,19). The van der Waals surface area contributed by atoms with Crippen molar-refractivity contribution in [3.05, 3.63) is 28.8 Å². The molecule has 0 unspecified atom stereocenters. The number of rotatable bonds is 4. The summed E-state index contributed by atoms with van der Waals surface area (Å²) in [5.41, 5.74) is 1.02. The Balaban J connectivity index is 1.86. The molecule has 5 heteroatoms. The maximum absolute atomic E-state index is 11.8. The van der Waals surface area contributed by atoms with E-state index in [1.165, 1.54) is 12.8 Å². The van der Waals surface area contributed by atoms with Gasteiger partial charge in [-0.2, -0.15) is 5.26 Å². The van der Waals surface area contributed by atoms with Gasteiger partial charge in [-0.25, -0.2) is 0 Å². The van der Waals surface area contributed by atoms with Crippen molar-refractivity contribution in [2.75, 3.05) is 11.9 Å². The zero-order chi connectivity index (χ0) is 13.7. The minimum Gasteiger partial charge on any atom is -0.324 e. The van der Waals surface area contributed by atoms with Crippen LogP contribution in [0.2, 0.25) is 5.02 Å². The lowest BCUT2D eigenvalue weighted by Crippen LogP contribution is -2.34. The van der Waals surface area contributed by atoms with E-state index in [1.807, 2.05) is 6.07 Å². The lowest BCUT2D eigenvalue weighted by atomic mass is 10.2. The van der Waals surface area contributed by atoms with Gasteiger partial charge in [0, 0.05) is 6.04 Å². The maximum Gasteiger partial charge on any atom is 0.238 e. The van der Waals surface area contributed by atoms with Gasteiger partial charge in [-0.05, 0) is 31.0 Å². The number of nitriles is 1. The van der Waals surface area contributed by atoms with Crippen molar-refractivity contribution >= 4 is 23.2 Å². The SMILES string of the molecule is N#Cc1ccc(NC(=O)CNC2CCCC2)c(Cl)c1. The molecule has 0 heterocycles. The third-order valence-corrected chi connectivity index (χ3v) is 3.59. The molecule has 1 saturated carbocycles. The highest BCUT2D eigenvalue weighted by Gasteiger charge is 2.15. The van der Waals surface area contributed by atoms with E-state index in [-0.39, 0.29) is 5.91 Å². The zero-order valence-electron chi connectivity index (χ0n) is 10.6. The summed E-state index contributed by atoms with van der Waals surface area (Å²) in [7, 11) is 0. The van der Waals surface area contributed by atoms with Crippen molar-refractivity contribution < 1.29 is 4.79 Å². The van der Waals surface area contributed by atoms with Crippen LogP contribution in [0.4, 0.5) is 5.69 Å². The quantitative estimate of drug-likeness (QED) is 0.889. The first-order chi connectivity index (χ1) is 9.19. The molecule has 0 saturated heterocycles. The van der Waals surface area contributed by atoms with E-state index in [2.05, 4.69) is 10.6 Å². The Morgan fingerprint density at radius 3 is 2.79 bits per heavy atom. The Kier molecular flexibility index (Phi) is 4.78. The fourth-order valence-corrected chi connectivity index (χ4v) is 2.48. The number of nitrogens with one attached hydrogen (secondary N) is 2. The van der Waals surface area contributed by atoms with E-state index in [1.54, 1.807) is 18.2 Å². The largest absolute Gasteiger partial charge is 0.324 e. The molecule has 0 spiro atoms. The van der Waals surface area contributed by atoms with Crippen molar-refractivity contribution in [2.45, 2.75) is 31.7 Å². The third-order valence-electron chi connectivity index (χ3n) is 3.28. The first-order valence-electron chi connectivity index (χ1n) is 6.42. The normalized spacial score (nSPS) is 15.2. The van der Waals surface area contributed by atoms with Gasteiger partial charge in [-0.15, -0.1) is 0 Å². The van der Waals surface area contributed by atoms with Crippen LogP contribution >= 0.6 is 11.6 Å². The molecule has 1 aliphatic carbocycles. The molecule has 0 atom stereocenters. The predicted octanol–water partition coefficient (Wildman–Crippen LogP) is 2.68. The molecule has 0 bridgehead atoms. The summed E-state index contributed by atoms with van der Waals surface area (Å²) in [4.78, 5) is 11.8. The number of anilines is 1. The van der Waals surface area contributed by atoms with Gasteiger partial charge in [0.15, 0.2) is 0 Å². The monoisotopic (exact) mass is 277 g/mol. The first-order valence-corrected chi connectivity index (χ1v) is 6.79. The Morgan fingerprint density at radius 2 is 2.16 bits per heavy atom. The second-order valence-corrected chi connectivity index (χ2v) is 5.12. The number of amides is 1. The minimum absolute atomic E-state index is 0.112. The highest BCUT2D eigenvalue weighted by atomic mass is 35.5. The van der Waals surface area contributed by atoms with Gasteiger partial charge >= 0.3 is 0 Å². The summed E-state index contributed by atoms with van der Waals surface area (Å²) in [6.45, 7) is 0.293. The molecule has 0 aromatic heterocycles. The Labute approximate surface area is 117 Å². The molecule has 4 nitrogen and oxygen atoms in total. The molecule has 1 aliphatic rings. The van der Waals surface area contributed by atoms with Crippen LogP contribution in [0.1, 0.15) is 31.2 Å². The van der Waals surface area contributed by atoms with Gasteiger partial charge in [0.1, 0.15) is 0 Å². The Hall–Kier alpha value is -1.57. The van der Waals surface area contributed by atoms with Crippen LogP contribution in [0.3, 0.4) is 0 Å². The molecule has 1 fully saturated rings. The van der Waals surface area contributed by atoms with Gasteiger partial charge in [0.05, 0.1) is 28.9 Å². The number of carbonyl (C=O) groups is 1. The van der Waals surface area contributed by atoms with E-state index >= 15 is 0 Å². The van der Waals surface area contributed by atoms with Crippen molar-refractivity contribution in [2.24, 2.45) is 0 Å². The van der Waals surface area contributed by atoms with E-state index in [0.29, 0.717) is 28.9 Å². The predicted molar refractivity (Wildman–Crippen MR) is 75.1 cm³/mol. The molecule has 1 aromatic carbocycles. The minimum atomic E-state index is -0.112. The lowest BCUT2D eigenvalue weighted by molar-refractivity contribution is -0.115. The van der Waals surface area contributed by atoms with Crippen LogP contribution in [0.25, 0.3) is 0 Å². The van der Waals surface area contributed by atoms with Crippen LogP contribution in [-0.2, 0) is 4.79 Å². The van der Waals surface area contributed by atoms with Gasteiger partial charge in [0.2, 0.25) is 5.91 Å². The topological polar surface area (TPSA) is 64.9 Å². The highest BCUT2D eigenvalue weighted by molar-refractivity contribution is 6.33. The summed E-state index contributed by atoms with van der Waals surface area (Å²) in [5, 5.41) is 15.1. The first kappa shape index (κ1) is 13.9. The molecule has 1 amide bonds. The number of benzene rings is 1. The van der Waals surface area contributed by atoms with Crippen molar-refractivity contribution in [1.29, 1.82) is 5.26 Å². The fourth-order valence-electron chi connectivity index (χ4n) is 2.25.